The van der Waals surface area contributed by atoms with Crippen LogP contribution in [-0.2, 0) is 76.8 Å². The number of rotatable bonds is 16. The molecule has 0 unspecified atom stereocenters. The minimum Gasteiger partial charge on any atom is -0.370 e. The third-order valence-electron chi connectivity index (χ3n) is 15.5. The molecule has 2 aliphatic rings. The van der Waals surface area contributed by atoms with Crippen molar-refractivity contribution in [2.24, 2.45) is 32.9 Å². The molecule has 22 N–H and O–H groups in total. The van der Waals surface area contributed by atoms with E-state index >= 15 is 9.59 Å². The van der Waals surface area contributed by atoms with Crippen molar-refractivity contribution >= 4 is 116 Å². The molecule has 6 rings (SSSR count). The molecule has 0 spiro atoms. The first-order valence-corrected chi connectivity index (χ1v) is 33.0. The normalized spacial score (nSPS) is 27.2. The Labute approximate surface area is 555 Å². The second-order valence-electron chi connectivity index (χ2n) is 23.4. The van der Waals surface area contributed by atoms with Gasteiger partial charge in [0.05, 0.1) is 18.4 Å². The predicted octanol–water partition coefficient (Wildman–Crippen LogP) is -4.61. The standard InChI is InChI=1S/C60H85N21O12S2/c1-32-46(84)72-35(4)49(87)80-59(5,28-82)26-69-33(2)47(85)74-42(18-12-20-67-58(63)64)51(89)79-56-55(93)73-34(3)48(86)76-45(23-38-25-65-31-71-38)53(91)77-43(21-36-13-7-6-8-14-36)52(90)75-41(17-11-19-66-57(61)62)50(88)78-44(22-37-24-68-40-16-10-9-15-39(37)40)54(92)81-60(29-83,27-70-32)30-94-95-56/h6-10,13-16,24-25,28-29,31-35,41-45,56,68-70H,11-12,17-23,26-27,30H2,1-5H3,(H,65,71)(H,72,84)(H,73,93)(H,74,85)(H,75,90)(H,76,86)(H,77,91)(H,78,88)(H,79,89)(H,80,87)(H,81,92)(H4,61,62,66)(H4,63,64,67)/t32-,33-,34-,35-,41-,42-,43+,44-,45-,56-,59+,60+/m0/s1. The lowest BCUT2D eigenvalue weighted by Gasteiger charge is -2.33. The van der Waals surface area contributed by atoms with Crippen molar-refractivity contribution in [3.8, 4) is 0 Å². The molecule has 4 aromatic rings. The molecule has 12 atom stereocenters. The molecule has 0 saturated carbocycles. The molecule has 0 aliphatic carbocycles. The molecule has 35 heteroatoms. The molecule has 0 radical (unpaired) electrons. The number of carbonyl (C=O) groups is 12. The molecule has 33 nitrogen and oxygen atoms in total. The lowest BCUT2D eigenvalue weighted by atomic mass is 9.99. The number of hydrogen-bond donors (Lipinski definition) is 18. The molecule has 95 heavy (non-hydrogen) atoms. The van der Waals surface area contributed by atoms with Gasteiger partial charge in [0.1, 0.15) is 65.9 Å². The SMILES string of the molecule is C[C@@H]1NC[C@@]2(C=O)CSS[C@H](NC(=O)[C@H](CCCN=C(N)N)NC(=O)[C@H](C)NC[C@](C)(C=O)NC(=O)[C@H](C)NC1=O)C(=O)N[C@@H](C)C(=O)N[C@@H](Cc1cnc[nH]1)C(=O)N[C@H](Cc1ccccc1)C(=O)N[C@@H](CCCN=C(N)N)C(=O)N[C@@H](Cc1c[nH]c3ccccc13)C(=O)N2. The summed E-state index contributed by atoms with van der Waals surface area (Å²) in [6.45, 7) is 5.94. The molecule has 2 saturated heterocycles. The predicted molar refractivity (Wildman–Crippen MR) is 356 cm³/mol. The van der Waals surface area contributed by atoms with Gasteiger partial charge in [-0.25, -0.2) is 4.98 Å². The number of hydrogen-bond acceptors (Lipinski definition) is 19. The molecular weight excluding hydrogens is 1270 g/mol. The van der Waals surface area contributed by atoms with Crippen LogP contribution in [0.15, 0.2) is 83.3 Å². The molecule has 4 heterocycles. The third kappa shape index (κ3) is 22.8. The largest absolute Gasteiger partial charge is 0.370 e. The van der Waals surface area contributed by atoms with Crippen molar-refractivity contribution in [3.05, 3.63) is 90.1 Å². The summed E-state index contributed by atoms with van der Waals surface area (Å²) in [6, 6.07) is 3.09. The van der Waals surface area contributed by atoms with Crippen LogP contribution in [0.3, 0.4) is 0 Å². The minimum absolute atomic E-state index is 0.00674. The van der Waals surface area contributed by atoms with Crippen molar-refractivity contribution < 1.29 is 57.5 Å². The van der Waals surface area contributed by atoms with Crippen LogP contribution in [0.5, 0.6) is 0 Å². The van der Waals surface area contributed by atoms with Gasteiger partial charge in [-0.2, -0.15) is 0 Å². The fourth-order valence-electron chi connectivity index (χ4n) is 9.86. The maximum Gasteiger partial charge on any atom is 0.254 e. The number of amides is 10. The summed E-state index contributed by atoms with van der Waals surface area (Å²) in [6.07, 6.45) is 4.46. The number of aliphatic imine (C=N–C) groups is 2. The number of aldehydes is 2. The fourth-order valence-corrected chi connectivity index (χ4v) is 12.5. The first kappa shape index (κ1) is 74.4. The van der Waals surface area contributed by atoms with Gasteiger partial charge in [0, 0.05) is 80.2 Å². The highest BCUT2D eigenvalue weighted by molar-refractivity contribution is 8.77. The van der Waals surface area contributed by atoms with Crippen LogP contribution >= 0.6 is 21.6 Å². The van der Waals surface area contributed by atoms with E-state index < -0.39 is 142 Å². The molecular formula is C60H85N21O12S2. The van der Waals surface area contributed by atoms with E-state index in [1.54, 1.807) is 60.8 Å². The Kier molecular flexibility index (Phi) is 27.9. The Morgan fingerprint density at radius 1 is 0.547 bits per heavy atom. The second-order valence-corrected chi connectivity index (χ2v) is 25.9. The molecule has 2 fully saturated rings. The number of aromatic nitrogens is 3. The van der Waals surface area contributed by atoms with Gasteiger partial charge in [-0.05, 0) is 77.5 Å². The van der Waals surface area contributed by atoms with E-state index in [4.69, 9.17) is 22.9 Å². The van der Waals surface area contributed by atoms with E-state index in [1.807, 2.05) is 0 Å². The molecule has 514 valence electrons. The summed E-state index contributed by atoms with van der Waals surface area (Å²) < 4.78 is 0. The van der Waals surface area contributed by atoms with Crippen molar-refractivity contribution in [3.63, 3.8) is 0 Å². The van der Waals surface area contributed by atoms with Gasteiger partial charge in [0.2, 0.25) is 53.2 Å². The number of aromatic amines is 2. The van der Waals surface area contributed by atoms with E-state index in [1.165, 1.54) is 47.1 Å². The van der Waals surface area contributed by atoms with Crippen molar-refractivity contribution in [1.82, 2.24) is 78.8 Å². The number of fused-ring (bicyclic) bond motifs is 5. The number of carbonyl (C=O) groups excluding carboxylic acids is 12. The van der Waals surface area contributed by atoms with Gasteiger partial charge in [-0.15, -0.1) is 0 Å². The molecule has 10 amide bonds. The van der Waals surface area contributed by atoms with Gasteiger partial charge in [-0.1, -0.05) is 70.1 Å². The smallest absolute Gasteiger partial charge is 0.254 e. The maximum absolute atomic E-state index is 15.4. The number of para-hydroxylation sites is 1. The summed E-state index contributed by atoms with van der Waals surface area (Å²) in [5.41, 5.74) is 20.8. The summed E-state index contributed by atoms with van der Waals surface area (Å²) in [5.74, 6) is -9.87. The topological polar surface area (TPSA) is 522 Å². The van der Waals surface area contributed by atoms with Gasteiger partial charge in [0.15, 0.2) is 17.3 Å². The van der Waals surface area contributed by atoms with Crippen molar-refractivity contribution in [2.75, 3.05) is 31.9 Å². The summed E-state index contributed by atoms with van der Waals surface area (Å²) in [7, 11) is 1.42. The Hall–Kier alpha value is -9.61. The van der Waals surface area contributed by atoms with Crippen LogP contribution < -0.4 is 86.7 Å². The summed E-state index contributed by atoms with van der Waals surface area (Å²) in [5, 5.41) is 31.6. The number of nitrogens with zero attached hydrogens (tertiary/aromatic N) is 3. The Balaban J connectivity index is 1.51. The van der Waals surface area contributed by atoms with E-state index in [-0.39, 0.29) is 76.5 Å². The molecule has 2 aliphatic heterocycles. The maximum atomic E-state index is 15.4. The minimum atomic E-state index is -2.11. The summed E-state index contributed by atoms with van der Waals surface area (Å²) in [4.78, 5) is 190. The first-order chi connectivity index (χ1) is 45.2. The van der Waals surface area contributed by atoms with Crippen molar-refractivity contribution in [1.29, 1.82) is 0 Å². The summed E-state index contributed by atoms with van der Waals surface area (Å²) >= 11 is 0. The third-order valence-corrected chi connectivity index (χ3v) is 18.1. The molecule has 2 bridgehead atoms. The van der Waals surface area contributed by atoms with Gasteiger partial charge >= 0.3 is 0 Å². The first-order valence-electron chi connectivity index (χ1n) is 30.6. The monoisotopic (exact) mass is 1360 g/mol. The lowest BCUT2D eigenvalue weighted by molar-refractivity contribution is -0.135. The van der Waals surface area contributed by atoms with Gasteiger partial charge < -0.3 is 106 Å². The van der Waals surface area contributed by atoms with Crippen LogP contribution in [0.4, 0.5) is 0 Å². The average molecular weight is 1360 g/mol. The highest BCUT2D eigenvalue weighted by Gasteiger charge is 2.40. The molecule has 2 aromatic heterocycles. The van der Waals surface area contributed by atoms with Crippen LogP contribution in [0, 0.1) is 0 Å². The fraction of sp³-hybridized carbons (Fsp3) is 0.483. The van der Waals surface area contributed by atoms with E-state index in [0.717, 1.165) is 10.8 Å². The highest BCUT2D eigenvalue weighted by Crippen LogP contribution is 2.30. The quantitative estimate of drug-likeness (QED) is 0.0165. The number of benzene rings is 2. The number of nitrogens with one attached hydrogen (secondary N) is 14. The number of guanidine groups is 2. The highest BCUT2D eigenvalue weighted by atomic mass is 33.1. The zero-order valence-electron chi connectivity index (χ0n) is 53.2. The number of nitrogens with two attached hydrogens (primary N) is 4. The molecule has 2 aromatic carbocycles. The lowest BCUT2D eigenvalue weighted by Crippen LogP contribution is -2.65. The zero-order chi connectivity index (χ0) is 69.4. The van der Waals surface area contributed by atoms with Gasteiger partial charge in [0.25, 0.3) is 5.91 Å². The van der Waals surface area contributed by atoms with E-state index in [2.05, 4.69) is 88.7 Å². The van der Waals surface area contributed by atoms with Crippen molar-refractivity contribution in [2.45, 2.75) is 150 Å². The van der Waals surface area contributed by atoms with Gasteiger partial charge in [-0.3, -0.25) is 57.9 Å². The zero-order valence-corrected chi connectivity index (χ0v) is 54.8. The average Bonchev–Trinajstić information content (AvgIpc) is 1.66. The Bertz CT molecular complexity index is 3420. The van der Waals surface area contributed by atoms with Crippen LogP contribution in [-0.4, -0.2) is 201 Å². The van der Waals surface area contributed by atoms with E-state index in [0.29, 0.717) is 51.1 Å². The van der Waals surface area contributed by atoms with Crippen LogP contribution in [0.25, 0.3) is 10.9 Å². The van der Waals surface area contributed by atoms with E-state index in [9.17, 15) is 47.9 Å². The Morgan fingerprint density at radius 3 is 1.67 bits per heavy atom. The number of imidazole rings is 1. The van der Waals surface area contributed by atoms with Crippen LogP contribution in [0.2, 0.25) is 0 Å². The second kappa shape index (κ2) is 35.6. The number of H-pyrrole nitrogens is 2. The Morgan fingerprint density at radius 2 is 1.06 bits per heavy atom. The van der Waals surface area contributed by atoms with Crippen LogP contribution in [0.1, 0.15) is 77.1 Å².